The Morgan fingerprint density at radius 2 is 1.86 bits per heavy atom. The molecule has 0 spiro atoms. The first-order valence-corrected chi connectivity index (χ1v) is 8.54. The maximum absolute atomic E-state index is 10.2. The summed E-state index contributed by atoms with van der Waals surface area (Å²) in [6.07, 6.45) is 6.57. The van der Waals surface area contributed by atoms with E-state index in [4.69, 9.17) is 0 Å². The zero-order chi connectivity index (χ0) is 15.4. The average molecular weight is 289 g/mol. The molecule has 0 saturated heterocycles. The van der Waals surface area contributed by atoms with Crippen molar-refractivity contribution in [1.29, 1.82) is 0 Å². The molecule has 1 aliphatic rings. The van der Waals surface area contributed by atoms with Gasteiger partial charge in [-0.25, -0.2) is 0 Å². The second-order valence-corrected chi connectivity index (χ2v) is 7.10. The van der Waals surface area contributed by atoms with Crippen LogP contribution in [0.25, 0.3) is 0 Å². The van der Waals surface area contributed by atoms with Gasteiger partial charge in [0.15, 0.2) is 0 Å². The summed E-state index contributed by atoms with van der Waals surface area (Å²) < 4.78 is 0. The lowest BCUT2D eigenvalue weighted by Crippen LogP contribution is -2.37. The highest BCUT2D eigenvalue weighted by Crippen LogP contribution is 2.35. The molecule has 1 atom stereocenters. The van der Waals surface area contributed by atoms with Crippen molar-refractivity contribution >= 4 is 0 Å². The third-order valence-corrected chi connectivity index (χ3v) is 4.89. The molecule has 1 N–H and O–H groups in total. The van der Waals surface area contributed by atoms with E-state index >= 15 is 0 Å². The van der Waals surface area contributed by atoms with Gasteiger partial charge in [0, 0.05) is 17.6 Å². The number of hydrogen-bond donors (Lipinski definition) is 1. The van der Waals surface area contributed by atoms with Gasteiger partial charge in [0.25, 0.3) is 0 Å². The van der Waals surface area contributed by atoms with Crippen LogP contribution < -0.4 is 0 Å². The lowest BCUT2D eigenvalue weighted by molar-refractivity contribution is 0.135. The first kappa shape index (κ1) is 16.4. The summed E-state index contributed by atoms with van der Waals surface area (Å²) in [4.78, 5) is 2.64. The number of aryl methyl sites for hydroxylation is 1. The Labute approximate surface area is 130 Å². The van der Waals surface area contributed by atoms with Crippen LogP contribution in [0.2, 0.25) is 0 Å². The molecule has 0 heterocycles. The van der Waals surface area contributed by atoms with Gasteiger partial charge < -0.3 is 5.11 Å². The molecule has 1 aromatic rings. The third kappa shape index (κ3) is 4.23. The number of hydrogen-bond acceptors (Lipinski definition) is 2. The maximum atomic E-state index is 10.2. The van der Waals surface area contributed by atoms with Gasteiger partial charge in [0.2, 0.25) is 0 Å². The van der Waals surface area contributed by atoms with Gasteiger partial charge in [-0.15, -0.1) is 0 Å². The Morgan fingerprint density at radius 3 is 2.48 bits per heavy atom. The van der Waals surface area contributed by atoms with Crippen molar-refractivity contribution in [3.8, 4) is 5.75 Å². The molecule has 1 unspecified atom stereocenters. The molecule has 2 rings (SSSR count). The minimum Gasteiger partial charge on any atom is -0.508 e. The largest absolute Gasteiger partial charge is 0.508 e. The van der Waals surface area contributed by atoms with Crippen molar-refractivity contribution < 1.29 is 5.11 Å². The first-order valence-electron chi connectivity index (χ1n) is 8.54. The number of nitrogens with zero attached hydrogens (tertiary/aromatic N) is 1. The summed E-state index contributed by atoms with van der Waals surface area (Å²) >= 11 is 0. The fourth-order valence-corrected chi connectivity index (χ4v) is 3.52. The van der Waals surface area contributed by atoms with Gasteiger partial charge in [-0.1, -0.05) is 44.4 Å². The average Bonchev–Trinajstić information content (AvgIpc) is 2.95. The molecule has 1 aromatic carbocycles. The number of phenols is 1. The number of benzene rings is 1. The fraction of sp³-hybridized carbons (Fsp3) is 0.684. The van der Waals surface area contributed by atoms with Crippen LogP contribution in [-0.2, 0) is 0 Å². The Hall–Kier alpha value is -1.02. The highest BCUT2D eigenvalue weighted by molar-refractivity contribution is 5.37. The summed E-state index contributed by atoms with van der Waals surface area (Å²) in [6.45, 7) is 10.1. The number of aromatic hydroxyl groups is 1. The molecule has 0 radical (unpaired) electrons. The van der Waals surface area contributed by atoms with Gasteiger partial charge in [-0.3, -0.25) is 4.90 Å². The van der Waals surface area contributed by atoms with E-state index in [1.54, 1.807) is 0 Å². The standard InChI is InChI=1S/C19H31NO/c1-14(2)11-12-20(17-7-5-6-8-17)16(4)18-13-15(3)9-10-19(18)21/h9-10,13-14,16-17,21H,5-8,11-12H2,1-4H3. The van der Waals surface area contributed by atoms with E-state index in [0.717, 1.165) is 18.0 Å². The van der Waals surface area contributed by atoms with Gasteiger partial charge in [0.05, 0.1) is 0 Å². The molecular weight excluding hydrogens is 258 g/mol. The predicted octanol–water partition coefficient (Wildman–Crippen LogP) is 5.05. The van der Waals surface area contributed by atoms with E-state index in [2.05, 4.69) is 38.7 Å². The Morgan fingerprint density at radius 1 is 1.19 bits per heavy atom. The van der Waals surface area contributed by atoms with Gasteiger partial charge in [0.1, 0.15) is 5.75 Å². The normalized spacial score (nSPS) is 17.8. The van der Waals surface area contributed by atoms with Crippen molar-refractivity contribution in [3.63, 3.8) is 0 Å². The molecule has 1 aliphatic carbocycles. The zero-order valence-electron chi connectivity index (χ0n) is 14.1. The minimum atomic E-state index is 0.298. The summed E-state index contributed by atoms with van der Waals surface area (Å²) in [5.41, 5.74) is 2.32. The lowest BCUT2D eigenvalue weighted by Gasteiger charge is -2.35. The lowest BCUT2D eigenvalue weighted by atomic mass is 9.99. The molecule has 0 bridgehead atoms. The van der Waals surface area contributed by atoms with Crippen LogP contribution in [-0.4, -0.2) is 22.6 Å². The fourth-order valence-electron chi connectivity index (χ4n) is 3.52. The van der Waals surface area contributed by atoms with Crippen LogP contribution in [0, 0.1) is 12.8 Å². The molecule has 1 saturated carbocycles. The molecule has 21 heavy (non-hydrogen) atoms. The van der Waals surface area contributed by atoms with Crippen LogP contribution in [0.3, 0.4) is 0 Å². The Bertz CT molecular complexity index is 449. The Balaban J connectivity index is 2.19. The number of phenolic OH excluding ortho intramolecular Hbond substituents is 1. The van der Waals surface area contributed by atoms with E-state index in [1.807, 2.05) is 12.1 Å². The van der Waals surface area contributed by atoms with Gasteiger partial charge in [-0.2, -0.15) is 0 Å². The van der Waals surface area contributed by atoms with Crippen LogP contribution in [0.15, 0.2) is 18.2 Å². The number of rotatable bonds is 6. The smallest absolute Gasteiger partial charge is 0.120 e. The molecule has 0 aliphatic heterocycles. The summed E-state index contributed by atoms with van der Waals surface area (Å²) in [5, 5.41) is 10.2. The Kier molecular flexibility index (Phi) is 5.69. The molecule has 0 amide bonds. The first-order chi connectivity index (χ1) is 9.99. The summed E-state index contributed by atoms with van der Waals surface area (Å²) in [6, 6.07) is 6.97. The van der Waals surface area contributed by atoms with Crippen molar-refractivity contribution in [3.05, 3.63) is 29.3 Å². The van der Waals surface area contributed by atoms with E-state index < -0.39 is 0 Å². The SMILES string of the molecule is Cc1ccc(O)c(C(C)N(CCC(C)C)C2CCCC2)c1. The molecule has 2 heteroatoms. The monoisotopic (exact) mass is 289 g/mol. The highest BCUT2D eigenvalue weighted by Gasteiger charge is 2.28. The second kappa shape index (κ2) is 7.31. The van der Waals surface area contributed by atoms with Crippen LogP contribution in [0.4, 0.5) is 0 Å². The van der Waals surface area contributed by atoms with Crippen molar-refractivity contribution in [2.24, 2.45) is 5.92 Å². The van der Waals surface area contributed by atoms with Crippen LogP contribution in [0.5, 0.6) is 5.75 Å². The van der Waals surface area contributed by atoms with Crippen LogP contribution in [0.1, 0.15) is 70.0 Å². The summed E-state index contributed by atoms with van der Waals surface area (Å²) in [7, 11) is 0. The quantitative estimate of drug-likeness (QED) is 0.792. The van der Waals surface area contributed by atoms with E-state index in [1.165, 1.54) is 37.7 Å². The van der Waals surface area contributed by atoms with E-state index in [0.29, 0.717) is 17.8 Å². The van der Waals surface area contributed by atoms with E-state index in [9.17, 15) is 5.11 Å². The van der Waals surface area contributed by atoms with Crippen molar-refractivity contribution in [2.75, 3.05) is 6.54 Å². The van der Waals surface area contributed by atoms with Crippen molar-refractivity contribution in [1.82, 2.24) is 4.90 Å². The maximum Gasteiger partial charge on any atom is 0.120 e. The molecule has 0 aromatic heterocycles. The molecule has 2 nitrogen and oxygen atoms in total. The van der Waals surface area contributed by atoms with Crippen LogP contribution >= 0.6 is 0 Å². The zero-order valence-corrected chi connectivity index (χ0v) is 14.1. The van der Waals surface area contributed by atoms with Gasteiger partial charge in [-0.05, 0) is 51.6 Å². The minimum absolute atomic E-state index is 0.298. The van der Waals surface area contributed by atoms with Crippen molar-refractivity contribution in [2.45, 2.75) is 71.9 Å². The molecule has 118 valence electrons. The second-order valence-electron chi connectivity index (χ2n) is 7.10. The topological polar surface area (TPSA) is 23.5 Å². The highest BCUT2D eigenvalue weighted by atomic mass is 16.3. The van der Waals surface area contributed by atoms with Gasteiger partial charge >= 0.3 is 0 Å². The molecular formula is C19H31NO. The molecule has 1 fully saturated rings. The van der Waals surface area contributed by atoms with E-state index in [-0.39, 0.29) is 0 Å². The summed E-state index contributed by atoms with van der Waals surface area (Å²) in [5.74, 6) is 1.17. The predicted molar refractivity (Wildman–Crippen MR) is 89.7 cm³/mol. The third-order valence-electron chi connectivity index (χ3n) is 4.89.